The molecule has 2 amide bonds. The van der Waals surface area contributed by atoms with Gasteiger partial charge in [0.15, 0.2) is 0 Å². The van der Waals surface area contributed by atoms with Crippen LogP contribution >= 0.6 is 0 Å². The van der Waals surface area contributed by atoms with E-state index in [-0.39, 0.29) is 36.5 Å². The van der Waals surface area contributed by atoms with Crippen molar-refractivity contribution in [3.63, 3.8) is 0 Å². The second-order valence-corrected chi connectivity index (χ2v) is 9.76. The van der Waals surface area contributed by atoms with Crippen LogP contribution in [0.2, 0.25) is 0 Å². The molecular formula is C29H36N4O4. The summed E-state index contributed by atoms with van der Waals surface area (Å²) in [5, 5.41) is 6.40. The maximum Gasteiger partial charge on any atom is 0.331 e. The smallest absolute Gasteiger partial charge is 0.331 e. The lowest BCUT2D eigenvalue weighted by Gasteiger charge is -2.22. The molecule has 1 aliphatic rings. The summed E-state index contributed by atoms with van der Waals surface area (Å²) in [6, 6.07) is 14.7. The Bertz CT molecular complexity index is 1370. The van der Waals surface area contributed by atoms with E-state index < -0.39 is 5.69 Å². The van der Waals surface area contributed by atoms with E-state index in [1.165, 1.54) is 15.6 Å². The highest BCUT2D eigenvalue weighted by molar-refractivity contribution is 5.92. The van der Waals surface area contributed by atoms with E-state index in [0.29, 0.717) is 35.9 Å². The van der Waals surface area contributed by atoms with Gasteiger partial charge in [-0.15, -0.1) is 0 Å². The number of aromatic nitrogens is 2. The SMILES string of the molecule is CCc1ccccc1NC(=O)Cn1c(=O)n(CCCCC(=O)NC2CCCCC2)c(=O)c2ccccc21. The number of amides is 2. The quantitative estimate of drug-likeness (QED) is 0.408. The average molecular weight is 505 g/mol. The van der Waals surface area contributed by atoms with Crippen LogP contribution in [0.4, 0.5) is 5.69 Å². The Hall–Kier alpha value is -3.68. The fraction of sp³-hybridized carbons (Fsp3) is 0.448. The zero-order valence-electron chi connectivity index (χ0n) is 21.5. The predicted octanol–water partition coefficient (Wildman–Crippen LogP) is 3.98. The Kier molecular flexibility index (Phi) is 8.93. The van der Waals surface area contributed by atoms with Gasteiger partial charge in [-0.3, -0.25) is 23.5 Å². The maximum atomic E-state index is 13.4. The molecule has 1 heterocycles. The highest BCUT2D eigenvalue weighted by Gasteiger charge is 2.17. The van der Waals surface area contributed by atoms with E-state index in [2.05, 4.69) is 10.6 Å². The molecule has 8 heteroatoms. The molecule has 8 nitrogen and oxygen atoms in total. The number of aryl methyl sites for hydroxylation is 1. The number of carbonyl (C=O) groups is 2. The molecule has 0 bridgehead atoms. The van der Waals surface area contributed by atoms with E-state index in [1.54, 1.807) is 24.3 Å². The van der Waals surface area contributed by atoms with E-state index in [4.69, 9.17) is 0 Å². The molecule has 1 aromatic heterocycles. The number of fused-ring (bicyclic) bond motifs is 1. The molecule has 0 unspecified atom stereocenters. The zero-order chi connectivity index (χ0) is 26.2. The Balaban J connectivity index is 1.46. The normalized spacial score (nSPS) is 14.0. The van der Waals surface area contributed by atoms with Gasteiger partial charge in [-0.2, -0.15) is 0 Å². The Morgan fingerprint density at radius 1 is 0.892 bits per heavy atom. The molecule has 2 N–H and O–H groups in total. The average Bonchev–Trinajstić information content (AvgIpc) is 2.91. The van der Waals surface area contributed by atoms with Crippen molar-refractivity contribution in [1.29, 1.82) is 0 Å². The molecular weight excluding hydrogens is 468 g/mol. The molecule has 1 aliphatic carbocycles. The summed E-state index contributed by atoms with van der Waals surface area (Å²) < 4.78 is 2.55. The molecule has 0 radical (unpaired) electrons. The highest BCUT2D eigenvalue weighted by Crippen LogP contribution is 2.18. The van der Waals surface area contributed by atoms with Crippen LogP contribution in [0.1, 0.15) is 63.9 Å². The van der Waals surface area contributed by atoms with E-state index in [9.17, 15) is 19.2 Å². The third-order valence-corrected chi connectivity index (χ3v) is 7.11. The lowest BCUT2D eigenvalue weighted by Crippen LogP contribution is -2.42. The van der Waals surface area contributed by atoms with Gasteiger partial charge in [-0.25, -0.2) is 4.79 Å². The monoisotopic (exact) mass is 504 g/mol. The van der Waals surface area contributed by atoms with Crippen LogP contribution in [0.5, 0.6) is 0 Å². The first-order chi connectivity index (χ1) is 18.0. The van der Waals surface area contributed by atoms with E-state index in [1.807, 2.05) is 31.2 Å². The minimum atomic E-state index is -0.519. The molecule has 0 aliphatic heterocycles. The first-order valence-electron chi connectivity index (χ1n) is 13.4. The van der Waals surface area contributed by atoms with Gasteiger partial charge in [-0.1, -0.05) is 56.5 Å². The van der Waals surface area contributed by atoms with Gasteiger partial charge in [0.25, 0.3) is 5.56 Å². The minimum Gasteiger partial charge on any atom is -0.353 e. The van der Waals surface area contributed by atoms with Gasteiger partial charge >= 0.3 is 5.69 Å². The molecule has 4 rings (SSSR count). The lowest BCUT2D eigenvalue weighted by molar-refractivity contribution is -0.122. The second kappa shape index (κ2) is 12.5. The van der Waals surface area contributed by atoms with Crippen LogP contribution in [-0.4, -0.2) is 27.0 Å². The first kappa shape index (κ1) is 26.4. The van der Waals surface area contributed by atoms with Crippen molar-refractivity contribution in [2.75, 3.05) is 5.32 Å². The highest BCUT2D eigenvalue weighted by atomic mass is 16.2. The largest absolute Gasteiger partial charge is 0.353 e. The molecule has 0 atom stereocenters. The summed E-state index contributed by atoms with van der Waals surface area (Å²) >= 11 is 0. The third kappa shape index (κ3) is 6.56. The van der Waals surface area contributed by atoms with Gasteiger partial charge in [0, 0.05) is 24.7 Å². The first-order valence-corrected chi connectivity index (χ1v) is 13.4. The van der Waals surface area contributed by atoms with Crippen molar-refractivity contribution >= 4 is 28.4 Å². The molecule has 2 aromatic carbocycles. The molecule has 3 aromatic rings. The summed E-state index contributed by atoms with van der Waals surface area (Å²) in [5.74, 6) is -0.308. The molecule has 196 valence electrons. The van der Waals surface area contributed by atoms with E-state index >= 15 is 0 Å². The topological polar surface area (TPSA) is 102 Å². The van der Waals surface area contributed by atoms with Crippen LogP contribution in [0.15, 0.2) is 58.1 Å². The van der Waals surface area contributed by atoms with Crippen LogP contribution in [0, 0.1) is 0 Å². The number of unbranched alkanes of at least 4 members (excludes halogenated alkanes) is 1. The predicted molar refractivity (Wildman–Crippen MR) is 146 cm³/mol. The summed E-state index contributed by atoms with van der Waals surface area (Å²) in [7, 11) is 0. The third-order valence-electron chi connectivity index (χ3n) is 7.11. The van der Waals surface area contributed by atoms with E-state index in [0.717, 1.165) is 37.7 Å². The number of nitrogens with one attached hydrogen (secondary N) is 2. The molecule has 1 fully saturated rings. The standard InChI is InChI=1S/C29H36N4O4/c1-2-21-12-6-8-16-24(21)31-27(35)20-33-25-17-9-7-15-23(25)28(36)32(29(33)37)19-11-10-18-26(34)30-22-13-4-3-5-14-22/h6-9,12,15-17,22H,2-5,10-11,13-14,18-20H2,1H3,(H,30,34)(H,31,35). The Labute approximate surface area is 216 Å². The summed E-state index contributed by atoms with van der Waals surface area (Å²) in [4.78, 5) is 51.7. The zero-order valence-corrected chi connectivity index (χ0v) is 21.5. The molecule has 0 spiro atoms. The van der Waals surface area contributed by atoms with Gasteiger partial charge < -0.3 is 10.6 Å². The van der Waals surface area contributed by atoms with Gasteiger partial charge in [0.2, 0.25) is 11.8 Å². The van der Waals surface area contributed by atoms with Crippen molar-refractivity contribution in [3.8, 4) is 0 Å². The number of anilines is 1. The number of carbonyl (C=O) groups excluding carboxylic acids is 2. The summed E-state index contributed by atoms with van der Waals surface area (Å²) in [6.07, 6.45) is 7.85. The van der Waals surface area contributed by atoms with Crippen LogP contribution in [0.25, 0.3) is 10.9 Å². The number of benzene rings is 2. The second-order valence-electron chi connectivity index (χ2n) is 9.76. The number of para-hydroxylation sites is 2. The van der Waals surface area contributed by atoms with Crippen LogP contribution < -0.4 is 21.9 Å². The fourth-order valence-electron chi connectivity index (χ4n) is 5.11. The Morgan fingerprint density at radius 3 is 2.41 bits per heavy atom. The van der Waals surface area contributed by atoms with Gasteiger partial charge in [0.1, 0.15) is 6.54 Å². The van der Waals surface area contributed by atoms with Crippen molar-refractivity contribution in [2.24, 2.45) is 0 Å². The number of nitrogens with zero attached hydrogens (tertiary/aromatic N) is 2. The number of rotatable bonds is 10. The van der Waals surface area contributed by atoms with Crippen molar-refractivity contribution < 1.29 is 9.59 Å². The maximum absolute atomic E-state index is 13.4. The van der Waals surface area contributed by atoms with Crippen molar-refractivity contribution in [3.05, 3.63) is 74.9 Å². The van der Waals surface area contributed by atoms with Gasteiger partial charge in [-0.05, 0) is 55.9 Å². The molecule has 37 heavy (non-hydrogen) atoms. The van der Waals surface area contributed by atoms with Crippen LogP contribution in [-0.2, 0) is 29.1 Å². The lowest BCUT2D eigenvalue weighted by atomic mass is 9.95. The van der Waals surface area contributed by atoms with Crippen molar-refractivity contribution in [1.82, 2.24) is 14.5 Å². The Morgan fingerprint density at radius 2 is 1.62 bits per heavy atom. The molecule has 1 saturated carbocycles. The van der Waals surface area contributed by atoms with Crippen molar-refractivity contribution in [2.45, 2.75) is 83.8 Å². The minimum absolute atomic E-state index is 0.0270. The van der Waals surface area contributed by atoms with Gasteiger partial charge in [0.05, 0.1) is 10.9 Å². The molecule has 0 saturated heterocycles. The summed E-state index contributed by atoms with van der Waals surface area (Å²) in [5.41, 5.74) is 1.26. The summed E-state index contributed by atoms with van der Waals surface area (Å²) in [6.45, 7) is 2.00. The number of hydrogen-bond donors (Lipinski definition) is 2. The fourth-order valence-corrected chi connectivity index (χ4v) is 5.11. The number of hydrogen-bond acceptors (Lipinski definition) is 4. The van der Waals surface area contributed by atoms with Crippen LogP contribution in [0.3, 0.4) is 0 Å².